The summed E-state index contributed by atoms with van der Waals surface area (Å²) in [5.41, 5.74) is 2.72. The summed E-state index contributed by atoms with van der Waals surface area (Å²) in [4.78, 5) is 16.7. The van der Waals surface area contributed by atoms with Crippen molar-refractivity contribution in [1.82, 2.24) is 19.8 Å². The van der Waals surface area contributed by atoms with Gasteiger partial charge in [0.05, 0.1) is 41.3 Å². The largest absolute Gasteiger partial charge is 0.465 e. The van der Waals surface area contributed by atoms with Gasteiger partial charge in [0.15, 0.2) is 0 Å². The maximum atomic E-state index is 13.6. The van der Waals surface area contributed by atoms with E-state index in [1.165, 1.54) is 25.3 Å². The summed E-state index contributed by atoms with van der Waals surface area (Å²) in [7, 11) is 1.28. The molecule has 0 atom stereocenters. The number of pyridine rings is 2. The third kappa shape index (κ3) is 2.18. The Bertz CT molecular complexity index is 1090. The Kier molecular flexibility index (Phi) is 3.19. The molecule has 0 spiro atoms. The topological polar surface area (TPSA) is 69.4 Å². The fourth-order valence-electron chi connectivity index (χ4n) is 2.65. The van der Waals surface area contributed by atoms with Crippen LogP contribution in [-0.4, -0.2) is 32.9 Å². The van der Waals surface area contributed by atoms with Crippen LogP contribution in [0.1, 0.15) is 10.4 Å². The number of nitrogens with zero attached hydrogens (tertiary/aromatic N) is 4. The third-order valence-electron chi connectivity index (χ3n) is 3.76. The van der Waals surface area contributed by atoms with Crippen LogP contribution in [0.25, 0.3) is 27.8 Å². The van der Waals surface area contributed by atoms with Gasteiger partial charge >= 0.3 is 5.97 Å². The molecule has 7 heteroatoms. The smallest absolute Gasteiger partial charge is 0.338 e. The Labute approximate surface area is 135 Å². The first-order valence-corrected chi connectivity index (χ1v) is 7.16. The predicted octanol–water partition coefficient (Wildman–Crippen LogP) is 2.87. The monoisotopic (exact) mass is 322 g/mol. The second-order valence-electron chi connectivity index (χ2n) is 5.19. The van der Waals surface area contributed by atoms with Crippen molar-refractivity contribution in [1.29, 1.82) is 0 Å². The first kappa shape index (κ1) is 14.3. The van der Waals surface area contributed by atoms with Gasteiger partial charge < -0.3 is 4.74 Å². The SMILES string of the molecule is COC(=O)c1cc(-c2cccc3cnnn23)nc2ccc(F)cc12. The van der Waals surface area contributed by atoms with Gasteiger partial charge in [-0.2, -0.15) is 0 Å². The molecular formula is C17H11FN4O2. The molecular weight excluding hydrogens is 311 g/mol. The van der Waals surface area contributed by atoms with E-state index in [9.17, 15) is 9.18 Å². The van der Waals surface area contributed by atoms with Gasteiger partial charge in [0.1, 0.15) is 5.82 Å². The van der Waals surface area contributed by atoms with Gasteiger partial charge in [-0.05, 0) is 36.4 Å². The normalized spacial score (nSPS) is 11.1. The van der Waals surface area contributed by atoms with E-state index in [1.807, 2.05) is 18.2 Å². The first-order valence-electron chi connectivity index (χ1n) is 7.16. The summed E-state index contributed by atoms with van der Waals surface area (Å²) in [6.07, 6.45) is 1.63. The van der Waals surface area contributed by atoms with Crippen LogP contribution in [0.3, 0.4) is 0 Å². The second-order valence-corrected chi connectivity index (χ2v) is 5.19. The highest BCUT2D eigenvalue weighted by atomic mass is 19.1. The van der Waals surface area contributed by atoms with Crippen LogP contribution in [0.15, 0.2) is 48.7 Å². The summed E-state index contributed by atoms with van der Waals surface area (Å²) >= 11 is 0. The Morgan fingerprint density at radius 1 is 1.21 bits per heavy atom. The number of hydrogen-bond donors (Lipinski definition) is 0. The predicted molar refractivity (Wildman–Crippen MR) is 85.0 cm³/mol. The van der Waals surface area contributed by atoms with E-state index in [0.29, 0.717) is 22.3 Å². The number of hydrogen-bond acceptors (Lipinski definition) is 5. The average molecular weight is 322 g/mol. The first-order chi connectivity index (χ1) is 11.7. The molecule has 0 N–H and O–H groups in total. The molecule has 4 aromatic rings. The van der Waals surface area contributed by atoms with Crippen molar-refractivity contribution >= 4 is 22.4 Å². The summed E-state index contributed by atoms with van der Waals surface area (Å²) in [5, 5.41) is 8.31. The summed E-state index contributed by atoms with van der Waals surface area (Å²) in [5.74, 6) is -0.999. The molecule has 0 saturated heterocycles. The summed E-state index contributed by atoms with van der Waals surface area (Å²) < 4.78 is 20.0. The van der Waals surface area contributed by atoms with Gasteiger partial charge in [-0.1, -0.05) is 11.3 Å². The van der Waals surface area contributed by atoms with Gasteiger partial charge in [-0.15, -0.1) is 5.10 Å². The standard InChI is InChI=1S/C17H11FN4O2/c1-24-17(23)13-8-15(20-14-6-5-10(18)7-12(13)14)16-4-2-3-11-9-19-21-22(11)16/h2-9H,1H3. The van der Waals surface area contributed by atoms with Crippen molar-refractivity contribution in [3.05, 3.63) is 60.0 Å². The van der Waals surface area contributed by atoms with E-state index >= 15 is 0 Å². The number of rotatable bonds is 2. The molecule has 1 aromatic carbocycles. The number of benzene rings is 1. The lowest BCUT2D eigenvalue weighted by Crippen LogP contribution is -2.05. The molecule has 0 fully saturated rings. The van der Waals surface area contributed by atoms with E-state index in [-0.39, 0.29) is 5.56 Å². The van der Waals surface area contributed by atoms with Crippen molar-refractivity contribution in [2.75, 3.05) is 7.11 Å². The van der Waals surface area contributed by atoms with Crippen molar-refractivity contribution in [3.63, 3.8) is 0 Å². The number of carbonyl (C=O) groups is 1. The van der Waals surface area contributed by atoms with Crippen molar-refractivity contribution in [2.24, 2.45) is 0 Å². The molecule has 24 heavy (non-hydrogen) atoms. The van der Waals surface area contributed by atoms with Gasteiger partial charge in [0.2, 0.25) is 0 Å². The highest BCUT2D eigenvalue weighted by Crippen LogP contribution is 2.26. The van der Waals surface area contributed by atoms with Crippen molar-refractivity contribution in [3.8, 4) is 11.4 Å². The number of esters is 1. The zero-order chi connectivity index (χ0) is 16.7. The van der Waals surface area contributed by atoms with Crippen LogP contribution in [-0.2, 0) is 4.74 Å². The Balaban J connectivity index is 2.05. The molecule has 4 rings (SSSR count). The number of halogens is 1. The molecule has 0 aliphatic carbocycles. The van der Waals surface area contributed by atoms with Crippen LogP contribution >= 0.6 is 0 Å². The van der Waals surface area contributed by atoms with E-state index < -0.39 is 11.8 Å². The maximum absolute atomic E-state index is 13.6. The highest BCUT2D eigenvalue weighted by Gasteiger charge is 2.16. The quantitative estimate of drug-likeness (QED) is 0.531. The fourth-order valence-corrected chi connectivity index (χ4v) is 2.65. The summed E-state index contributed by atoms with van der Waals surface area (Å²) in [6.45, 7) is 0. The lowest BCUT2D eigenvalue weighted by molar-refractivity contribution is 0.0603. The highest BCUT2D eigenvalue weighted by molar-refractivity contribution is 6.04. The molecule has 0 aliphatic heterocycles. The number of fused-ring (bicyclic) bond motifs is 2. The van der Waals surface area contributed by atoms with Gasteiger partial charge in [0.25, 0.3) is 0 Å². The molecule has 118 valence electrons. The molecule has 0 saturated carbocycles. The lowest BCUT2D eigenvalue weighted by atomic mass is 10.1. The van der Waals surface area contributed by atoms with Crippen LogP contribution in [0.4, 0.5) is 4.39 Å². The number of methoxy groups -OCH3 is 1. The van der Waals surface area contributed by atoms with Crippen molar-refractivity contribution in [2.45, 2.75) is 0 Å². The zero-order valence-corrected chi connectivity index (χ0v) is 12.6. The molecule has 0 unspecified atom stereocenters. The molecule has 0 amide bonds. The van der Waals surface area contributed by atoms with E-state index in [4.69, 9.17) is 4.74 Å². The second kappa shape index (κ2) is 5.38. The Morgan fingerprint density at radius 3 is 2.92 bits per heavy atom. The molecule has 3 aromatic heterocycles. The van der Waals surface area contributed by atoms with E-state index in [2.05, 4.69) is 15.3 Å². The van der Waals surface area contributed by atoms with E-state index in [1.54, 1.807) is 16.8 Å². The van der Waals surface area contributed by atoms with Crippen LogP contribution in [0.2, 0.25) is 0 Å². The van der Waals surface area contributed by atoms with E-state index in [0.717, 1.165) is 5.52 Å². The number of ether oxygens (including phenoxy) is 1. The number of aromatic nitrogens is 4. The van der Waals surface area contributed by atoms with Crippen LogP contribution < -0.4 is 0 Å². The average Bonchev–Trinajstić information content (AvgIpc) is 3.09. The van der Waals surface area contributed by atoms with Crippen LogP contribution in [0.5, 0.6) is 0 Å². The minimum absolute atomic E-state index is 0.245. The Morgan fingerprint density at radius 2 is 2.08 bits per heavy atom. The molecule has 6 nitrogen and oxygen atoms in total. The molecule has 0 bridgehead atoms. The van der Waals surface area contributed by atoms with Gasteiger partial charge in [0, 0.05) is 5.39 Å². The fraction of sp³-hybridized carbons (Fsp3) is 0.0588. The van der Waals surface area contributed by atoms with Gasteiger partial charge in [-0.25, -0.2) is 18.7 Å². The zero-order valence-electron chi connectivity index (χ0n) is 12.6. The lowest BCUT2D eigenvalue weighted by Gasteiger charge is -2.09. The Hall–Kier alpha value is -3.35. The van der Waals surface area contributed by atoms with Crippen LogP contribution in [0, 0.1) is 5.82 Å². The number of carbonyl (C=O) groups excluding carboxylic acids is 1. The maximum Gasteiger partial charge on any atom is 0.338 e. The van der Waals surface area contributed by atoms with Gasteiger partial charge in [-0.3, -0.25) is 0 Å². The molecule has 3 heterocycles. The minimum atomic E-state index is -0.556. The minimum Gasteiger partial charge on any atom is -0.465 e. The molecule has 0 radical (unpaired) electrons. The molecule has 0 aliphatic rings. The third-order valence-corrected chi connectivity index (χ3v) is 3.76. The summed E-state index contributed by atoms with van der Waals surface area (Å²) in [6, 6.07) is 11.2. The van der Waals surface area contributed by atoms with Crippen molar-refractivity contribution < 1.29 is 13.9 Å².